The Bertz CT molecular complexity index is 889. The molecular formula is C21H28N2O4S. The Labute approximate surface area is 167 Å². The fourth-order valence-corrected chi connectivity index (χ4v) is 4.85. The Morgan fingerprint density at radius 1 is 1.00 bits per heavy atom. The number of ether oxygens (including phenoxy) is 2. The quantitative estimate of drug-likeness (QED) is 0.710. The second-order valence-electron chi connectivity index (χ2n) is 6.90. The number of nitrogens with zero attached hydrogens (tertiary/aromatic N) is 2. The van der Waals surface area contributed by atoms with Gasteiger partial charge in [0.05, 0.1) is 18.6 Å². The Balaban J connectivity index is 1.64. The summed E-state index contributed by atoms with van der Waals surface area (Å²) in [7, 11) is -1.81. The second-order valence-corrected chi connectivity index (χ2v) is 8.84. The molecule has 6 nitrogen and oxygen atoms in total. The maximum atomic E-state index is 12.9. The first-order valence-corrected chi connectivity index (χ1v) is 11.0. The van der Waals surface area contributed by atoms with Crippen molar-refractivity contribution >= 4 is 10.0 Å². The number of rotatable bonds is 7. The third-order valence-electron chi connectivity index (χ3n) is 4.93. The normalized spacial score (nSPS) is 16.1. The lowest BCUT2D eigenvalue weighted by atomic mass is 10.1. The maximum absolute atomic E-state index is 12.9. The van der Waals surface area contributed by atoms with Gasteiger partial charge in [0.15, 0.2) is 0 Å². The van der Waals surface area contributed by atoms with E-state index in [1.165, 1.54) is 5.56 Å². The Kier molecular flexibility index (Phi) is 6.59. The van der Waals surface area contributed by atoms with Crippen molar-refractivity contribution in [2.45, 2.75) is 25.3 Å². The molecule has 28 heavy (non-hydrogen) atoms. The largest absolute Gasteiger partial charge is 0.496 e. The molecule has 1 heterocycles. The van der Waals surface area contributed by atoms with Crippen molar-refractivity contribution < 1.29 is 17.9 Å². The van der Waals surface area contributed by atoms with E-state index in [4.69, 9.17) is 9.47 Å². The zero-order valence-electron chi connectivity index (χ0n) is 16.7. The van der Waals surface area contributed by atoms with Gasteiger partial charge in [0, 0.05) is 38.3 Å². The summed E-state index contributed by atoms with van der Waals surface area (Å²) in [6.07, 6.45) is 0. The predicted octanol–water partition coefficient (Wildman–Crippen LogP) is 2.91. The van der Waals surface area contributed by atoms with E-state index in [1.807, 2.05) is 19.1 Å². The number of benzene rings is 2. The first-order valence-electron chi connectivity index (χ1n) is 9.53. The van der Waals surface area contributed by atoms with Gasteiger partial charge in [0.2, 0.25) is 10.0 Å². The van der Waals surface area contributed by atoms with E-state index in [1.54, 1.807) is 35.7 Å². The van der Waals surface area contributed by atoms with Crippen LogP contribution in [-0.4, -0.2) is 57.5 Å². The molecule has 0 bridgehead atoms. The summed E-state index contributed by atoms with van der Waals surface area (Å²) in [5, 5.41) is 0. The number of hydrogen-bond acceptors (Lipinski definition) is 5. The summed E-state index contributed by atoms with van der Waals surface area (Å²) in [5.41, 5.74) is 2.32. The number of methoxy groups -OCH3 is 1. The second kappa shape index (κ2) is 8.94. The van der Waals surface area contributed by atoms with Crippen LogP contribution in [0.15, 0.2) is 47.4 Å². The van der Waals surface area contributed by atoms with Gasteiger partial charge in [-0.25, -0.2) is 8.42 Å². The molecule has 0 aromatic heterocycles. The van der Waals surface area contributed by atoms with Gasteiger partial charge in [0.25, 0.3) is 0 Å². The average Bonchev–Trinajstić information content (AvgIpc) is 2.69. The van der Waals surface area contributed by atoms with Crippen molar-refractivity contribution in [3.63, 3.8) is 0 Å². The zero-order chi connectivity index (χ0) is 20.1. The highest BCUT2D eigenvalue weighted by atomic mass is 32.2. The summed E-state index contributed by atoms with van der Waals surface area (Å²) >= 11 is 0. The van der Waals surface area contributed by atoms with Gasteiger partial charge >= 0.3 is 0 Å². The molecule has 2 aromatic carbocycles. The third-order valence-corrected chi connectivity index (χ3v) is 6.85. The smallest absolute Gasteiger partial charge is 0.243 e. The van der Waals surface area contributed by atoms with Crippen LogP contribution >= 0.6 is 0 Å². The Morgan fingerprint density at radius 2 is 1.68 bits per heavy atom. The van der Waals surface area contributed by atoms with Crippen LogP contribution in [0.3, 0.4) is 0 Å². The molecule has 1 saturated heterocycles. The molecule has 1 aliphatic rings. The molecule has 0 N–H and O–H groups in total. The van der Waals surface area contributed by atoms with Gasteiger partial charge in [-0.15, -0.1) is 0 Å². The van der Waals surface area contributed by atoms with Crippen molar-refractivity contribution in [1.82, 2.24) is 9.21 Å². The summed E-state index contributed by atoms with van der Waals surface area (Å²) < 4.78 is 38.2. The predicted molar refractivity (Wildman–Crippen MR) is 109 cm³/mol. The minimum Gasteiger partial charge on any atom is -0.496 e. The van der Waals surface area contributed by atoms with Crippen LogP contribution in [0.5, 0.6) is 11.5 Å². The van der Waals surface area contributed by atoms with Crippen molar-refractivity contribution in [1.29, 1.82) is 0 Å². The Hall–Kier alpha value is -2.09. The van der Waals surface area contributed by atoms with Crippen LogP contribution in [0, 0.1) is 6.92 Å². The standard InChI is InChI=1S/C21H28N2O4S/c1-4-27-19-6-8-20(9-7-19)28(24,25)23-13-11-22(12-14-23)16-18-15-17(2)5-10-21(18)26-3/h5-10,15H,4,11-14,16H2,1-3H3. The number of sulfonamides is 1. The van der Waals surface area contributed by atoms with Crippen molar-refractivity contribution in [2.75, 3.05) is 39.9 Å². The molecule has 0 atom stereocenters. The van der Waals surface area contributed by atoms with Crippen molar-refractivity contribution in [3.8, 4) is 11.5 Å². The zero-order valence-corrected chi connectivity index (χ0v) is 17.5. The highest BCUT2D eigenvalue weighted by Gasteiger charge is 2.28. The lowest BCUT2D eigenvalue weighted by Gasteiger charge is -2.34. The van der Waals surface area contributed by atoms with E-state index < -0.39 is 10.0 Å². The Morgan fingerprint density at radius 3 is 2.29 bits per heavy atom. The lowest BCUT2D eigenvalue weighted by molar-refractivity contribution is 0.180. The van der Waals surface area contributed by atoms with Gasteiger partial charge < -0.3 is 9.47 Å². The van der Waals surface area contributed by atoms with Gasteiger partial charge in [0.1, 0.15) is 11.5 Å². The first-order chi connectivity index (χ1) is 13.4. The molecule has 7 heteroatoms. The summed E-state index contributed by atoms with van der Waals surface area (Å²) in [6.45, 7) is 7.59. The molecule has 152 valence electrons. The van der Waals surface area contributed by atoms with Crippen LogP contribution in [-0.2, 0) is 16.6 Å². The van der Waals surface area contributed by atoms with E-state index in [0.29, 0.717) is 43.4 Å². The van der Waals surface area contributed by atoms with Crippen LogP contribution in [0.1, 0.15) is 18.1 Å². The van der Waals surface area contributed by atoms with Gasteiger partial charge in [-0.3, -0.25) is 4.90 Å². The molecule has 1 aliphatic heterocycles. The number of hydrogen-bond donors (Lipinski definition) is 0. The maximum Gasteiger partial charge on any atom is 0.243 e. The van der Waals surface area contributed by atoms with E-state index in [9.17, 15) is 8.42 Å². The van der Waals surface area contributed by atoms with E-state index in [-0.39, 0.29) is 0 Å². The number of aryl methyl sites for hydroxylation is 1. The minimum absolute atomic E-state index is 0.310. The van der Waals surface area contributed by atoms with Crippen LogP contribution in [0.4, 0.5) is 0 Å². The van der Waals surface area contributed by atoms with E-state index in [0.717, 1.165) is 17.9 Å². The van der Waals surface area contributed by atoms with Gasteiger partial charge in [-0.2, -0.15) is 4.31 Å². The average molecular weight is 405 g/mol. The van der Waals surface area contributed by atoms with Crippen molar-refractivity contribution in [3.05, 3.63) is 53.6 Å². The highest BCUT2D eigenvalue weighted by Crippen LogP contribution is 2.24. The molecule has 0 unspecified atom stereocenters. The monoisotopic (exact) mass is 404 g/mol. The summed E-state index contributed by atoms with van der Waals surface area (Å²) in [6, 6.07) is 12.8. The third kappa shape index (κ3) is 4.66. The van der Waals surface area contributed by atoms with Gasteiger partial charge in [-0.1, -0.05) is 17.7 Å². The van der Waals surface area contributed by atoms with Crippen LogP contribution < -0.4 is 9.47 Å². The molecule has 1 fully saturated rings. The molecule has 2 aromatic rings. The van der Waals surface area contributed by atoms with Crippen molar-refractivity contribution in [2.24, 2.45) is 0 Å². The summed E-state index contributed by atoms with van der Waals surface area (Å²) in [4.78, 5) is 2.58. The van der Waals surface area contributed by atoms with E-state index >= 15 is 0 Å². The topological polar surface area (TPSA) is 59.1 Å². The molecule has 0 radical (unpaired) electrons. The minimum atomic E-state index is -3.48. The highest BCUT2D eigenvalue weighted by molar-refractivity contribution is 7.89. The van der Waals surface area contributed by atoms with Crippen LogP contribution in [0.25, 0.3) is 0 Å². The fourth-order valence-electron chi connectivity index (χ4n) is 3.42. The molecule has 0 saturated carbocycles. The molecule has 0 aliphatic carbocycles. The molecule has 3 rings (SSSR count). The molecular weight excluding hydrogens is 376 g/mol. The fraction of sp³-hybridized carbons (Fsp3) is 0.429. The molecule has 0 spiro atoms. The number of piperazine rings is 1. The van der Waals surface area contributed by atoms with Crippen LogP contribution in [0.2, 0.25) is 0 Å². The first kappa shape index (κ1) is 20.6. The SMILES string of the molecule is CCOc1ccc(S(=O)(=O)N2CCN(Cc3cc(C)ccc3OC)CC2)cc1. The molecule has 0 amide bonds. The summed E-state index contributed by atoms with van der Waals surface area (Å²) in [5.74, 6) is 1.55. The van der Waals surface area contributed by atoms with E-state index in [2.05, 4.69) is 17.9 Å². The lowest BCUT2D eigenvalue weighted by Crippen LogP contribution is -2.48. The van der Waals surface area contributed by atoms with Gasteiger partial charge in [-0.05, 0) is 44.2 Å².